The van der Waals surface area contributed by atoms with Gasteiger partial charge in [0.2, 0.25) is 5.91 Å². The molecule has 0 aliphatic carbocycles. The van der Waals surface area contributed by atoms with E-state index < -0.39 is 0 Å². The first-order valence-corrected chi connectivity index (χ1v) is 8.93. The Balaban J connectivity index is 1.66. The lowest BCUT2D eigenvalue weighted by Gasteiger charge is -2.12. The van der Waals surface area contributed by atoms with Gasteiger partial charge in [-0.1, -0.05) is 45.7 Å². The van der Waals surface area contributed by atoms with Crippen molar-refractivity contribution in [1.29, 1.82) is 0 Å². The molecule has 0 radical (unpaired) electrons. The summed E-state index contributed by atoms with van der Waals surface area (Å²) in [6, 6.07) is 11.3. The first kappa shape index (κ1) is 17.1. The highest BCUT2D eigenvalue weighted by Crippen LogP contribution is 2.37. The molecule has 2 aromatic carbocycles. The number of hydrogen-bond donors (Lipinski definition) is 1. The van der Waals surface area contributed by atoms with Crippen LogP contribution in [-0.4, -0.2) is 19.1 Å². The van der Waals surface area contributed by atoms with Crippen molar-refractivity contribution in [3.63, 3.8) is 0 Å². The summed E-state index contributed by atoms with van der Waals surface area (Å²) in [7, 11) is 0. The smallest absolute Gasteiger partial charge is 0.224 e. The number of halogens is 2. The number of hydrogen-bond acceptors (Lipinski definition) is 3. The zero-order chi connectivity index (χ0) is 16.9. The normalized spacial score (nSPS) is 13.2. The molecule has 3 rings (SSSR count). The van der Waals surface area contributed by atoms with Crippen LogP contribution in [0.5, 0.6) is 11.5 Å². The lowest BCUT2D eigenvalue weighted by atomic mass is 10.1. The Morgan fingerprint density at radius 3 is 2.62 bits per heavy atom. The van der Waals surface area contributed by atoms with Gasteiger partial charge < -0.3 is 14.8 Å². The summed E-state index contributed by atoms with van der Waals surface area (Å²) in [6.45, 7) is 1.19. The Bertz CT molecular complexity index is 751. The highest BCUT2D eigenvalue weighted by Gasteiger charge is 2.15. The molecular weight excluding hydrogens is 394 g/mol. The highest BCUT2D eigenvalue weighted by molar-refractivity contribution is 9.10. The number of ether oxygens (including phenoxy) is 2. The number of nitrogens with one attached hydrogen (secondary N) is 1. The fourth-order valence-corrected chi connectivity index (χ4v) is 3.13. The fourth-order valence-electron chi connectivity index (χ4n) is 2.44. The molecule has 0 spiro atoms. The van der Waals surface area contributed by atoms with Crippen LogP contribution in [0.15, 0.2) is 40.9 Å². The first-order valence-electron chi connectivity index (χ1n) is 7.76. The van der Waals surface area contributed by atoms with E-state index in [0.717, 1.165) is 16.5 Å². The summed E-state index contributed by atoms with van der Waals surface area (Å²) in [4.78, 5) is 12.2. The van der Waals surface area contributed by atoms with Gasteiger partial charge in [0, 0.05) is 29.4 Å². The summed E-state index contributed by atoms with van der Waals surface area (Å²) in [5, 5.41) is 3.29. The van der Waals surface area contributed by atoms with Crippen LogP contribution in [0, 0.1) is 0 Å². The summed E-state index contributed by atoms with van der Waals surface area (Å²) in [5.41, 5.74) is 1.63. The molecule has 0 unspecified atom stereocenters. The largest absolute Gasteiger partial charge is 0.490 e. The number of rotatable bonds is 4. The van der Waals surface area contributed by atoms with Gasteiger partial charge in [-0.05, 0) is 18.1 Å². The van der Waals surface area contributed by atoms with Gasteiger partial charge in [0.1, 0.15) is 0 Å². The SMILES string of the molecule is O=C(CCc1ccccc1Br)Nc1cc2c(cc1Cl)OCCCO2. The van der Waals surface area contributed by atoms with Crippen LogP contribution < -0.4 is 14.8 Å². The monoisotopic (exact) mass is 409 g/mol. The second-order valence-corrected chi connectivity index (χ2v) is 6.73. The molecule has 0 saturated heterocycles. The maximum atomic E-state index is 12.2. The van der Waals surface area contributed by atoms with E-state index in [-0.39, 0.29) is 5.91 Å². The van der Waals surface area contributed by atoms with Gasteiger partial charge in [-0.25, -0.2) is 0 Å². The Kier molecular flexibility index (Phi) is 5.63. The molecule has 0 saturated carbocycles. The number of carbonyl (C=O) groups excluding carboxylic acids is 1. The van der Waals surface area contributed by atoms with Gasteiger partial charge in [0.15, 0.2) is 11.5 Å². The van der Waals surface area contributed by atoms with Gasteiger partial charge >= 0.3 is 0 Å². The lowest BCUT2D eigenvalue weighted by molar-refractivity contribution is -0.116. The fraction of sp³-hybridized carbons (Fsp3) is 0.278. The molecule has 0 atom stereocenters. The Labute approximate surface area is 154 Å². The predicted octanol–water partition coefficient (Wildman–Crippen LogP) is 4.84. The molecule has 1 heterocycles. The summed E-state index contributed by atoms with van der Waals surface area (Å²) >= 11 is 9.73. The number of fused-ring (bicyclic) bond motifs is 1. The van der Waals surface area contributed by atoms with E-state index in [0.29, 0.717) is 48.3 Å². The molecule has 6 heteroatoms. The summed E-state index contributed by atoms with van der Waals surface area (Å²) < 4.78 is 12.2. The molecule has 1 amide bonds. The number of anilines is 1. The molecule has 4 nitrogen and oxygen atoms in total. The molecule has 126 valence electrons. The molecule has 1 N–H and O–H groups in total. The highest BCUT2D eigenvalue weighted by atomic mass is 79.9. The Morgan fingerprint density at radius 1 is 1.17 bits per heavy atom. The Hall–Kier alpha value is -1.72. The second-order valence-electron chi connectivity index (χ2n) is 5.47. The third kappa shape index (κ3) is 4.22. The average Bonchev–Trinajstić information content (AvgIpc) is 2.79. The maximum Gasteiger partial charge on any atom is 0.224 e. The summed E-state index contributed by atoms with van der Waals surface area (Å²) in [6.07, 6.45) is 1.84. The van der Waals surface area contributed by atoms with Gasteiger partial charge in [-0.3, -0.25) is 4.79 Å². The molecule has 0 fully saturated rings. The van der Waals surface area contributed by atoms with E-state index in [1.807, 2.05) is 24.3 Å². The molecule has 0 aromatic heterocycles. The van der Waals surface area contributed by atoms with Gasteiger partial charge in [-0.2, -0.15) is 0 Å². The number of aryl methyl sites for hydroxylation is 1. The van der Waals surface area contributed by atoms with Crippen LogP contribution in [0.2, 0.25) is 5.02 Å². The van der Waals surface area contributed by atoms with E-state index >= 15 is 0 Å². The Morgan fingerprint density at radius 2 is 1.88 bits per heavy atom. The summed E-state index contributed by atoms with van der Waals surface area (Å²) in [5.74, 6) is 1.13. The number of benzene rings is 2. The molecule has 1 aliphatic heterocycles. The third-order valence-electron chi connectivity index (χ3n) is 3.69. The lowest BCUT2D eigenvalue weighted by Crippen LogP contribution is -2.13. The first-order chi connectivity index (χ1) is 11.6. The molecule has 0 bridgehead atoms. The number of amides is 1. The minimum absolute atomic E-state index is 0.0952. The van der Waals surface area contributed by atoms with Crippen molar-refractivity contribution >= 4 is 39.1 Å². The van der Waals surface area contributed by atoms with E-state index in [1.165, 1.54) is 0 Å². The minimum atomic E-state index is -0.0952. The van der Waals surface area contributed by atoms with Crippen LogP contribution in [0.25, 0.3) is 0 Å². The second kappa shape index (κ2) is 7.90. The molecule has 24 heavy (non-hydrogen) atoms. The third-order valence-corrected chi connectivity index (χ3v) is 4.78. The number of carbonyl (C=O) groups is 1. The van der Waals surface area contributed by atoms with Gasteiger partial charge in [-0.15, -0.1) is 0 Å². The van der Waals surface area contributed by atoms with Gasteiger partial charge in [0.25, 0.3) is 0 Å². The van der Waals surface area contributed by atoms with Crippen LogP contribution in [0.3, 0.4) is 0 Å². The zero-order valence-electron chi connectivity index (χ0n) is 13.0. The standard InChI is InChI=1S/C18H17BrClNO3/c19-13-5-2-1-4-12(13)6-7-18(22)21-15-11-17-16(10-14(15)20)23-8-3-9-24-17/h1-2,4-5,10-11H,3,6-9H2,(H,21,22). The van der Waals surface area contributed by atoms with Crippen molar-refractivity contribution < 1.29 is 14.3 Å². The minimum Gasteiger partial charge on any atom is -0.490 e. The maximum absolute atomic E-state index is 12.2. The molecule has 2 aromatic rings. The molecule has 1 aliphatic rings. The van der Waals surface area contributed by atoms with E-state index in [1.54, 1.807) is 12.1 Å². The van der Waals surface area contributed by atoms with Crippen molar-refractivity contribution in [3.05, 3.63) is 51.5 Å². The topological polar surface area (TPSA) is 47.6 Å². The van der Waals surface area contributed by atoms with Crippen molar-refractivity contribution in [2.75, 3.05) is 18.5 Å². The van der Waals surface area contributed by atoms with Crippen molar-refractivity contribution in [3.8, 4) is 11.5 Å². The zero-order valence-corrected chi connectivity index (χ0v) is 15.3. The van der Waals surface area contributed by atoms with Crippen molar-refractivity contribution in [2.24, 2.45) is 0 Å². The van der Waals surface area contributed by atoms with E-state index in [2.05, 4.69) is 21.2 Å². The van der Waals surface area contributed by atoms with E-state index in [4.69, 9.17) is 21.1 Å². The average molecular weight is 411 g/mol. The quantitative estimate of drug-likeness (QED) is 0.785. The van der Waals surface area contributed by atoms with E-state index in [9.17, 15) is 4.79 Å². The van der Waals surface area contributed by atoms with Crippen molar-refractivity contribution in [2.45, 2.75) is 19.3 Å². The molecular formula is C18H17BrClNO3. The van der Waals surface area contributed by atoms with Crippen LogP contribution in [0.4, 0.5) is 5.69 Å². The van der Waals surface area contributed by atoms with Crippen molar-refractivity contribution in [1.82, 2.24) is 0 Å². The van der Waals surface area contributed by atoms with Crippen LogP contribution >= 0.6 is 27.5 Å². The predicted molar refractivity (Wildman–Crippen MR) is 98.2 cm³/mol. The van der Waals surface area contributed by atoms with Crippen LogP contribution in [-0.2, 0) is 11.2 Å². The van der Waals surface area contributed by atoms with Gasteiger partial charge in [0.05, 0.1) is 23.9 Å². The van der Waals surface area contributed by atoms with Crippen LogP contribution in [0.1, 0.15) is 18.4 Å².